The van der Waals surface area contributed by atoms with Crippen LogP contribution < -0.4 is 4.74 Å². The highest BCUT2D eigenvalue weighted by molar-refractivity contribution is 5.82. The van der Waals surface area contributed by atoms with E-state index in [2.05, 4.69) is 135 Å². The van der Waals surface area contributed by atoms with Crippen LogP contribution in [-0.4, -0.2) is 0 Å². The second-order valence-electron chi connectivity index (χ2n) is 10.1. The van der Waals surface area contributed by atoms with E-state index in [0.29, 0.717) is 0 Å². The molecule has 1 aliphatic heterocycles. The lowest BCUT2D eigenvalue weighted by Gasteiger charge is -2.42. The van der Waals surface area contributed by atoms with Crippen LogP contribution in [0.2, 0.25) is 0 Å². The van der Waals surface area contributed by atoms with Crippen molar-refractivity contribution in [1.82, 2.24) is 0 Å². The third-order valence-corrected chi connectivity index (χ3v) is 8.03. The lowest BCUT2D eigenvalue weighted by Crippen LogP contribution is -2.34. The fourth-order valence-corrected chi connectivity index (χ4v) is 6.41. The zero-order chi connectivity index (χ0) is 23.6. The molecule has 0 unspecified atom stereocenters. The average molecular weight is 451 g/mol. The molecule has 0 bridgehead atoms. The summed E-state index contributed by atoms with van der Waals surface area (Å²) < 4.78 is 6.46. The van der Waals surface area contributed by atoms with Crippen LogP contribution in [-0.2, 0) is 10.8 Å². The number of fused-ring (bicyclic) bond motifs is 5. The summed E-state index contributed by atoms with van der Waals surface area (Å²) in [5.41, 5.74) is 9.80. The molecule has 0 fully saturated rings. The highest BCUT2D eigenvalue weighted by Crippen LogP contribution is 2.57. The minimum absolute atomic E-state index is 0.0655. The van der Waals surface area contributed by atoms with Gasteiger partial charge in [-0.3, -0.25) is 0 Å². The highest BCUT2D eigenvalue weighted by Gasteiger charge is 2.46. The summed E-state index contributed by atoms with van der Waals surface area (Å²) in [6, 6.07) is 43.9. The van der Waals surface area contributed by atoms with Gasteiger partial charge in [-0.2, -0.15) is 0 Å². The van der Waals surface area contributed by atoms with Crippen molar-refractivity contribution >= 4 is 0 Å². The maximum atomic E-state index is 6.46. The van der Waals surface area contributed by atoms with Crippen LogP contribution in [0.5, 0.6) is 11.5 Å². The summed E-state index contributed by atoms with van der Waals surface area (Å²) in [6.45, 7) is 4.70. The van der Waals surface area contributed by atoms with Gasteiger partial charge in [0.1, 0.15) is 11.5 Å². The molecule has 1 heterocycles. The van der Waals surface area contributed by atoms with Crippen LogP contribution in [0, 0.1) is 0 Å². The van der Waals surface area contributed by atoms with Gasteiger partial charge in [0.05, 0.1) is 5.41 Å². The van der Waals surface area contributed by atoms with E-state index < -0.39 is 5.41 Å². The molecule has 0 aromatic heterocycles. The lowest BCUT2D eigenvalue weighted by atomic mass is 9.63. The summed E-state index contributed by atoms with van der Waals surface area (Å²) in [5, 5.41) is 0. The van der Waals surface area contributed by atoms with E-state index in [1.807, 2.05) is 0 Å². The fraction of sp³-hybridized carbons (Fsp3) is 0.118. The summed E-state index contributed by atoms with van der Waals surface area (Å²) >= 11 is 0. The summed E-state index contributed by atoms with van der Waals surface area (Å²) in [5.74, 6) is 1.83. The summed E-state index contributed by atoms with van der Waals surface area (Å²) in [4.78, 5) is 0. The first kappa shape index (κ1) is 20.3. The lowest BCUT2D eigenvalue weighted by molar-refractivity contribution is 0.434. The second kappa shape index (κ2) is 7.20. The Kier molecular flexibility index (Phi) is 4.17. The van der Waals surface area contributed by atoms with Crippen LogP contribution in [0.4, 0.5) is 0 Å². The zero-order valence-electron chi connectivity index (χ0n) is 20.0. The van der Waals surface area contributed by atoms with E-state index >= 15 is 0 Å². The number of rotatable bonds is 2. The van der Waals surface area contributed by atoms with Crippen molar-refractivity contribution in [1.29, 1.82) is 0 Å². The fourth-order valence-electron chi connectivity index (χ4n) is 6.41. The van der Waals surface area contributed by atoms with E-state index in [9.17, 15) is 0 Å². The Labute approximate surface area is 206 Å². The molecule has 2 aliphatic rings. The zero-order valence-corrected chi connectivity index (χ0v) is 20.0. The van der Waals surface area contributed by atoms with Gasteiger partial charge in [0.15, 0.2) is 0 Å². The molecule has 1 aliphatic carbocycles. The van der Waals surface area contributed by atoms with Crippen molar-refractivity contribution in [2.24, 2.45) is 0 Å². The average Bonchev–Trinajstić information content (AvgIpc) is 3.14. The topological polar surface area (TPSA) is 9.23 Å². The van der Waals surface area contributed by atoms with Crippen LogP contribution in [0.3, 0.4) is 0 Å². The predicted molar refractivity (Wildman–Crippen MR) is 142 cm³/mol. The predicted octanol–water partition coefficient (Wildman–Crippen LogP) is 8.48. The van der Waals surface area contributed by atoms with Gasteiger partial charge in [-0.25, -0.2) is 0 Å². The van der Waals surface area contributed by atoms with Gasteiger partial charge < -0.3 is 4.74 Å². The Morgan fingerprint density at radius 1 is 0.457 bits per heavy atom. The van der Waals surface area contributed by atoms with Gasteiger partial charge in [0, 0.05) is 16.5 Å². The van der Waals surface area contributed by atoms with Crippen molar-refractivity contribution in [3.63, 3.8) is 0 Å². The number of hydrogen-bond donors (Lipinski definition) is 0. The van der Waals surface area contributed by atoms with E-state index in [0.717, 1.165) is 11.5 Å². The minimum atomic E-state index is -0.480. The smallest absolute Gasteiger partial charge is 0.132 e. The van der Waals surface area contributed by atoms with Crippen LogP contribution in [0.25, 0.3) is 11.1 Å². The Bertz CT molecular complexity index is 1550. The quantitative estimate of drug-likeness (QED) is 0.257. The molecule has 0 N–H and O–H groups in total. The Hall–Kier alpha value is -4.10. The monoisotopic (exact) mass is 450 g/mol. The molecular weight excluding hydrogens is 424 g/mol. The molecule has 0 radical (unpaired) electrons. The van der Waals surface area contributed by atoms with Crippen molar-refractivity contribution in [2.75, 3.05) is 0 Å². The molecule has 0 saturated heterocycles. The first-order chi connectivity index (χ1) is 17.1. The number of hydrogen-bond acceptors (Lipinski definition) is 1. The maximum absolute atomic E-state index is 6.46. The molecule has 5 aromatic carbocycles. The van der Waals surface area contributed by atoms with Gasteiger partial charge in [0.2, 0.25) is 0 Å². The molecule has 0 saturated carbocycles. The van der Waals surface area contributed by atoms with Gasteiger partial charge in [-0.15, -0.1) is 0 Å². The molecule has 1 nitrogen and oxygen atoms in total. The molecule has 0 spiro atoms. The van der Waals surface area contributed by atoms with Gasteiger partial charge >= 0.3 is 0 Å². The van der Waals surface area contributed by atoms with E-state index in [1.54, 1.807) is 0 Å². The standard InChI is InChI=1S/C34H26O/c1-33(2)27-15-7-6-14-25(27)26-21-20-24(22-30(26)33)34(23-12-4-3-5-13-23)28-16-8-10-18-31(28)35-32-19-11-9-17-29(32)34/h3-22H,1-2H3. The van der Waals surface area contributed by atoms with E-state index in [1.165, 1.54) is 44.5 Å². The molecule has 0 atom stereocenters. The first-order valence-electron chi connectivity index (χ1n) is 12.3. The normalized spacial score (nSPS) is 15.8. The Balaban J connectivity index is 1.60. The molecular formula is C34H26O. The van der Waals surface area contributed by atoms with Crippen LogP contribution in [0.1, 0.15) is 47.2 Å². The Morgan fingerprint density at radius 2 is 1.00 bits per heavy atom. The van der Waals surface area contributed by atoms with Gasteiger partial charge in [-0.1, -0.05) is 123 Å². The molecule has 168 valence electrons. The number of ether oxygens (including phenoxy) is 1. The maximum Gasteiger partial charge on any atom is 0.132 e. The SMILES string of the molecule is CC1(C)c2ccccc2-c2ccc(C3(c4ccccc4)c4ccccc4Oc4ccccc43)cc21. The molecule has 7 rings (SSSR count). The van der Waals surface area contributed by atoms with Crippen LogP contribution in [0.15, 0.2) is 121 Å². The largest absolute Gasteiger partial charge is 0.457 e. The third kappa shape index (κ3) is 2.64. The molecule has 0 amide bonds. The van der Waals surface area contributed by atoms with E-state index in [-0.39, 0.29) is 5.41 Å². The molecule has 1 heteroatoms. The minimum Gasteiger partial charge on any atom is -0.457 e. The van der Waals surface area contributed by atoms with Crippen molar-refractivity contribution in [3.05, 3.63) is 155 Å². The Morgan fingerprint density at radius 3 is 1.69 bits per heavy atom. The van der Waals surface area contributed by atoms with Gasteiger partial charge in [0.25, 0.3) is 0 Å². The second-order valence-corrected chi connectivity index (χ2v) is 10.1. The number of para-hydroxylation sites is 2. The van der Waals surface area contributed by atoms with Crippen LogP contribution >= 0.6 is 0 Å². The van der Waals surface area contributed by atoms with Crippen molar-refractivity contribution in [3.8, 4) is 22.6 Å². The van der Waals surface area contributed by atoms with Gasteiger partial charge in [-0.05, 0) is 45.5 Å². The highest BCUT2D eigenvalue weighted by atomic mass is 16.5. The molecule has 35 heavy (non-hydrogen) atoms. The van der Waals surface area contributed by atoms with Crippen molar-refractivity contribution in [2.45, 2.75) is 24.7 Å². The molecule has 5 aromatic rings. The van der Waals surface area contributed by atoms with E-state index in [4.69, 9.17) is 4.74 Å². The summed E-state index contributed by atoms with van der Waals surface area (Å²) in [7, 11) is 0. The first-order valence-corrected chi connectivity index (χ1v) is 12.3. The van der Waals surface area contributed by atoms with Crippen molar-refractivity contribution < 1.29 is 4.74 Å². The number of benzene rings is 5. The summed E-state index contributed by atoms with van der Waals surface area (Å²) in [6.07, 6.45) is 0. The third-order valence-electron chi connectivity index (χ3n) is 8.03.